The van der Waals surface area contributed by atoms with Crippen molar-refractivity contribution in [2.24, 2.45) is 0 Å². The summed E-state index contributed by atoms with van der Waals surface area (Å²) in [5.74, 6) is 0.218. The maximum absolute atomic E-state index is 12.1. The van der Waals surface area contributed by atoms with Gasteiger partial charge in [-0.2, -0.15) is 0 Å². The van der Waals surface area contributed by atoms with Gasteiger partial charge in [0.2, 0.25) is 11.8 Å². The maximum atomic E-state index is 12.1. The number of nitrogens with one attached hydrogen (secondary N) is 2. The minimum Gasteiger partial charge on any atom is -0.326 e. The second kappa shape index (κ2) is 13.7. The molecule has 4 heteroatoms. The fourth-order valence-electron chi connectivity index (χ4n) is 3.83. The summed E-state index contributed by atoms with van der Waals surface area (Å²) in [6.07, 6.45) is 9.99. The van der Waals surface area contributed by atoms with Crippen molar-refractivity contribution in [1.82, 2.24) is 0 Å². The Hall–Kier alpha value is -2.62. The molecule has 0 aliphatic carbocycles. The van der Waals surface area contributed by atoms with E-state index in [4.69, 9.17) is 0 Å². The number of carbonyl (C=O) groups is 2. The smallest absolute Gasteiger partial charge is 0.224 e. The zero-order valence-electron chi connectivity index (χ0n) is 20.4. The van der Waals surface area contributed by atoms with E-state index in [9.17, 15) is 9.59 Å². The topological polar surface area (TPSA) is 58.2 Å². The predicted molar refractivity (Wildman–Crippen MR) is 135 cm³/mol. The third-order valence-corrected chi connectivity index (χ3v) is 6.32. The van der Waals surface area contributed by atoms with E-state index in [2.05, 4.69) is 36.6 Å². The average Bonchev–Trinajstić information content (AvgIpc) is 2.76. The van der Waals surface area contributed by atoms with Crippen molar-refractivity contribution in [3.63, 3.8) is 0 Å². The van der Waals surface area contributed by atoms with E-state index in [1.54, 1.807) is 0 Å². The maximum Gasteiger partial charge on any atom is 0.224 e. The number of benzene rings is 2. The van der Waals surface area contributed by atoms with E-state index in [1.165, 1.54) is 36.8 Å². The van der Waals surface area contributed by atoms with Crippen molar-refractivity contribution >= 4 is 23.2 Å². The lowest BCUT2D eigenvalue weighted by Gasteiger charge is -2.10. The lowest BCUT2D eigenvalue weighted by Crippen LogP contribution is -2.12. The van der Waals surface area contributed by atoms with Crippen LogP contribution in [0.2, 0.25) is 0 Å². The molecule has 0 saturated carbocycles. The molecular formula is C28H40N2O2. The van der Waals surface area contributed by atoms with Gasteiger partial charge in [0, 0.05) is 24.2 Å². The molecule has 0 saturated heterocycles. The second-order valence-corrected chi connectivity index (χ2v) is 8.92. The number of aryl methyl sites for hydroxylation is 2. The molecule has 174 valence electrons. The first-order valence-electron chi connectivity index (χ1n) is 12.1. The van der Waals surface area contributed by atoms with Crippen LogP contribution in [0.1, 0.15) is 86.5 Å². The average molecular weight is 437 g/mol. The van der Waals surface area contributed by atoms with Crippen molar-refractivity contribution in [3.05, 3.63) is 58.7 Å². The molecule has 4 nitrogen and oxygen atoms in total. The van der Waals surface area contributed by atoms with Crippen LogP contribution in [0.15, 0.2) is 36.4 Å². The normalized spacial score (nSPS) is 10.8. The van der Waals surface area contributed by atoms with Crippen LogP contribution in [0.5, 0.6) is 0 Å². The fourth-order valence-corrected chi connectivity index (χ4v) is 3.83. The van der Waals surface area contributed by atoms with Crippen LogP contribution in [0, 0.1) is 27.7 Å². The van der Waals surface area contributed by atoms with Crippen LogP contribution in [-0.4, -0.2) is 11.8 Å². The highest BCUT2D eigenvalue weighted by molar-refractivity contribution is 5.92. The van der Waals surface area contributed by atoms with Gasteiger partial charge in [-0.1, -0.05) is 62.8 Å². The van der Waals surface area contributed by atoms with E-state index >= 15 is 0 Å². The van der Waals surface area contributed by atoms with Gasteiger partial charge in [-0.25, -0.2) is 0 Å². The largest absolute Gasteiger partial charge is 0.326 e. The molecule has 0 aliphatic rings. The number of rotatable bonds is 13. The number of unbranched alkanes of at least 4 members (excludes halogenated alkanes) is 7. The fraction of sp³-hybridized carbons (Fsp3) is 0.500. The van der Waals surface area contributed by atoms with Crippen molar-refractivity contribution in [2.45, 2.75) is 91.9 Å². The molecule has 0 heterocycles. The van der Waals surface area contributed by atoms with Crippen LogP contribution in [0.25, 0.3) is 0 Å². The zero-order chi connectivity index (χ0) is 23.3. The van der Waals surface area contributed by atoms with Gasteiger partial charge in [-0.3, -0.25) is 9.59 Å². The molecule has 0 spiro atoms. The highest BCUT2D eigenvalue weighted by atomic mass is 16.2. The van der Waals surface area contributed by atoms with Crippen LogP contribution >= 0.6 is 0 Å². The molecule has 32 heavy (non-hydrogen) atoms. The summed E-state index contributed by atoms with van der Waals surface area (Å²) in [6.45, 7) is 8.21. The summed E-state index contributed by atoms with van der Waals surface area (Å²) < 4.78 is 0. The van der Waals surface area contributed by atoms with E-state index in [0.717, 1.165) is 48.2 Å². The molecule has 0 atom stereocenters. The first-order chi connectivity index (χ1) is 15.4. The van der Waals surface area contributed by atoms with Crippen molar-refractivity contribution in [3.8, 4) is 0 Å². The Kier molecular flexibility index (Phi) is 11.0. The molecule has 0 aliphatic heterocycles. The first kappa shape index (κ1) is 25.6. The lowest BCUT2D eigenvalue weighted by atomic mass is 10.1. The molecule has 0 aromatic heterocycles. The molecular weight excluding hydrogens is 396 g/mol. The molecule has 2 aromatic rings. The van der Waals surface area contributed by atoms with Crippen molar-refractivity contribution < 1.29 is 9.59 Å². The Morgan fingerprint density at radius 1 is 0.562 bits per heavy atom. The van der Waals surface area contributed by atoms with Crippen LogP contribution < -0.4 is 10.6 Å². The molecule has 2 amide bonds. The van der Waals surface area contributed by atoms with E-state index in [-0.39, 0.29) is 11.8 Å². The molecule has 2 N–H and O–H groups in total. The number of hydrogen-bond acceptors (Lipinski definition) is 2. The van der Waals surface area contributed by atoms with Crippen LogP contribution in [-0.2, 0) is 9.59 Å². The van der Waals surface area contributed by atoms with E-state index in [1.807, 2.05) is 38.1 Å². The SMILES string of the molecule is Cc1cccc(NC(=O)CCCCCCCCCCC(=O)Nc2cccc(C)c2C)c1C. The van der Waals surface area contributed by atoms with Crippen LogP contribution in [0.4, 0.5) is 11.4 Å². The Labute approximate surface area is 194 Å². The first-order valence-corrected chi connectivity index (χ1v) is 12.1. The summed E-state index contributed by atoms with van der Waals surface area (Å²) in [5, 5.41) is 6.07. The predicted octanol–water partition coefficient (Wildman–Crippen LogP) is 7.40. The monoisotopic (exact) mass is 436 g/mol. The van der Waals surface area contributed by atoms with Gasteiger partial charge in [0.1, 0.15) is 0 Å². The van der Waals surface area contributed by atoms with Crippen LogP contribution in [0.3, 0.4) is 0 Å². The van der Waals surface area contributed by atoms with E-state index in [0.29, 0.717) is 12.8 Å². The Bertz CT molecular complexity index is 815. The molecule has 0 radical (unpaired) electrons. The molecule has 0 bridgehead atoms. The molecule has 0 fully saturated rings. The van der Waals surface area contributed by atoms with Gasteiger partial charge >= 0.3 is 0 Å². The van der Waals surface area contributed by atoms with Gasteiger partial charge in [-0.05, 0) is 74.9 Å². The Morgan fingerprint density at radius 3 is 1.28 bits per heavy atom. The number of anilines is 2. The van der Waals surface area contributed by atoms with Gasteiger partial charge < -0.3 is 10.6 Å². The Balaban J connectivity index is 1.46. The summed E-state index contributed by atoms with van der Waals surface area (Å²) in [5.41, 5.74) is 6.54. The number of hydrogen-bond donors (Lipinski definition) is 2. The summed E-state index contributed by atoms with van der Waals surface area (Å²) in [7, 11) is 0. The second-order valence-electron chi connectivity index (χ2n) is 8.92. The van der Waals surface area contributed by atoms with Crippen molar-refractivity contribution in [1.29, 1.82) is 0 Å². The summed E-state index contributed by atoms with van der Waals surface area (Å²) in [4.78, 5) is 24.3. The summed E-state index contributed by atoms with van der Waals surface area (Å²) >= 11 is 0. The number of carbonyl (C=O) groups excluding carboxylic acids is 2. The highest BCUT2D eigenvalue weighted by Crippen LogP contribution is 2.20. The number of amides is 2. The molecule has 2 rings (SSSR count). The quantitative estimate of drug-likeness (QED) is 0.321. The lowest BCUT2D eigenvalue weighted by molar-refractivity contribution is -0.117. The zero-order valence-corrected chi connectivity index (χ0v) is 20.4. The third kappa shape index (κ3) is 8.86. The minimum absolute atomic E-state index is 0.109. The summed E-state index contributed by atoms with van der Waals surface area (Å²) in [6, 6.07) is 12.0. The van der Waals surface area contributed by atoms with E-state index < -0.39 is 0 Å². The van der Waals surface area contributed by atoms with Gasteiger partial charge in [-0.15, -0.1) is 0 Å². The van der Waals surface area contributed by atoms with Crippen molar-refractivity contribution in [2.75, 3.05) is 10.6 Å². The van der Waals surface area contributed by atoms with Gasteiger partial charge in [0.25, 0.3) is 0 Å². The molecule has 0 unspecified atom stereocenters. The minimum atomic E-state index is 0.109. The molecule has 2 aromatic carbocycles. The highest BCUT2D eigenvalue weighted by Gasteiger charge is 2.07. The van der Waals surface area contributed by atoms with Gasteiger partial charge in [0.05, 0.1) is 0 Å². The Morgan fingerprint density at radius 2 is 0.906 bits per heavy atom. The van der Waals surface area contributed by atoms with Gasteiger partial charge in [0.15, 0.2) is 0 Å². The standard InChI is InChI=1S/C28H40N2O2/c1-21-15-13-17-25(23(21)3)29-27(31)19-11-9-7-5-6-8-10-12-20-28(32)30-26-18-14-16-22(2)24(26)4/h13-18H,5-12,19-20H2,1-4H3,(H,29,31)(H,30,32). The third-order valence-electron chi connectivity index (χ3n) is 6.32.